The number of piperazine rings is 1. The van der Waals surface area contributed by atoms with Crippen LogP contribution < -0.4 is 4.90 Å². The van der Waals surface area contributed by atoms with E-state index in [2.05, 4.69) is 51.1 Å². The predicted molar refractivity (Wildman–Crippen MR) is 132 cm³/mol. The topological polar surface area (TPSA) is 30.0 Å². The molecule has 1 fully saturated rings. The summed E-state index contributed by atoms with van der Waals surface area (Å²) in [6.45, 7) is 7.99. The lowest BCUT2D eigenvalue weighted by Gasteiger charge is -2.36. The minimum atomic E-state index is -0.328. The van der Waals surface area contributed by atoms with Crippen molar-refractivity contribution < 1.29 is 5.11 Å². The van der Waals surface area contributed by atoms with Crippen molar-refractivity contribution >= 4 is 59.6 Å². The molecular formula is C22H30Cl3N3OS. The average molecular weight is 491 g/mol. The number of aliphatic hydroxyl groups excluding tert-OH is 1. The maximum atomic E-state index is 9.69. The number of fused-ring (bicyclic) bond motifs is 2. The lowest BCUT2D eigenvalue weighted by Crippen LogP contribution is -2.49. The third kappa shape index (κ3) is 5.98. The molecule has 166 valence electrons. The van der Waals surface area contributed by atoms with E-state index < -0.39 is 0 Å². The third-order valence-corrected chi connectivity index (χ3v) is 6.99. The van der Waals surface area contributed by atoms with Crippen molar-refractivity contribution in [1.29, 1.82) is 0 Å². The lowest BCUT2D eigenvalue weighted by molar-refractivity contribution is -0.0128. The molecule has 8 heteroatoms. The summed E-state index contributed by atoms with van der Waals surface area (Å²) in [6.07, 6.45) is 1.99. The van der Waals surface area contributed by atoms with Gasteiger partial charge in [0.05, 0.1) is 11.4 Å². The van der Waals surface area contributed by atoms with Crippen molar-refractivity contribution in [3.05, 3.63) is 47.5 Å². The number of aliphatic hydroxyl groups is 1. The Morgan fingerprint density at radius 2 is 1.60 bits per heavy atom. The Hall–Kier alpha value is -0.660. The van der Waals surface area contributed by atoms with Gasteiger partial charge >= 0.3 is 0 Å². The van der Waals surface area contributed by atoms with E-state index in [-0.39, 0.29) is 31.0 Å². The highest BCUT2D eigenvalue weighted by molar-refractivity contribution is 7.99. The van der Waals surface area contributed by atoms with Gasteiger partial charge in [-0.25, -0.2) is 0 Å². The van der Waals surface area contributed by atoms with Gasteiger partial charge in [0.15, 0.2) is 0 Å². The molecule has 2 aliphatic rings. The number of hydrogen-bond donors (Lipinski definition) is 1. The van der Waals surface area contributed by atoms with Crippen LogP contribution in [0.4, 0.5) is 11.4 Å². The normalized spacial score (nSPS) is 17.4. The van der Waals surface area contributed by atoms with E-state index >= 15 is 0 Å². The average Bonchev–Trinajstić information content (AvgIpc) is 2.71. The number of rotatable bonds is 6. The molecule has 0 radical (unpaired) electrons. The number of nitrogens with zero attached hydrogens (tertiary/aromatic N) is 3. The van der Waals surface area contributed by atoms with E-state index in [1.807, 2.05) is 24.8 Å². The fourth-order valence-corrected chi connectivity index (χ4v) is 5.25. The van der Waals surface area contributed by atoms with Crippen molar-refractivity contribution in [1.82, 2.24) is 9.80 Å². The van der Waals surface area contributed by atoms with Crippen molar-refractivity contribution in [2.24, 2.45) is 0 Å². The fourth-order valence-electron chi connectivity index (χ4n) is 4.01. The van der Waals surface area contributed by atoms with Gasteiger partial charge in [-0.15, -0.1) is 24.8 Å². The maximum Gasteiger partial charge on any atom is 0.104 e. The summed E-state index contributed by atoms with van der Waals surface area (Å²) < 4.78 is 0. The van der Waals surface area contributed by atoms with Gasteiger partial charge in [0, 0.05) is 47.5 Å². The summed E-state index contributed by atoms with van der Waals surface area (Å²) in [5.74, 6) is 0. The zero-order valence-corrected chi connectivity index (χ0v) is 20.4. The van der Waals surface area contributed by atoms with Crippen LogP contribution in [-0.2, 0) is 0 Å². The number of para-hydroxylation sites is 1. The van der Waals surface area contributed by atoms with Crippen LogP contribution in [0.2, 0.25) is 5.02 Å². The zero-order chi connectivity index (χ0) is 19.5. The zero-order valence-electron chi connectivity index (χ0n) is 17.2. The van der Waals surface area contributed by atoms with Gasteiger partial charge in [0.2, 0.25) is 0 Å². The molecule has 1 unspecified atom stereocenters. The SMILES string of the molecule is CC(O)N1CCN(CCCCN2c3ccccc3Sc3ccc(Cl)cc32)CC1.Cl.Cl. The van der Waals surface area contributed by atoms with Gasteiger partial charge in [-0.1, -0.05) is 35.5 Å². The highest BCUT2D eigenvalue weighted by atomic mass is 35.5. The third-order valence-electron chi connectivity index (χ3n) is 5.63. The summed E-state index contributed by atoms with van der Waals surface area (Å²) in [5, 5.41) is 10.5. The molecule has 0 aliphatic carbocycles. The number of hydrogen-bond acceptors (Lipinski definition) is 5. The highest BCUT2D eigenvalue weighted by Crippen LogP contribution is 2.48. The second-order valence-electron chi connectivity index (χ2n) is 7.55. The first kappa shape index (κ1) is 25.6. The maximum absolute atomic E-state index is 9.69. The van der Waals surface area contributed by atoms with Crippen LogP contribution in [-0.4, -0.2) is 60.4 Å². The molecule has 1 N–H and O–H groups in total. The second kappa shape index (κ2) is 11.8. The number of halogens is 3. The number of benzene rings is 2. The van der Waals surface area contributed by atoms with Crippen LogP contribution in [0.5, 0.6) is 0 Å². The smallest absolute Gasteiger partial charge is 0.104 e. The minimum Gasteiger partial charge on any atom is -0.379 e. The van der Waals surface area contributed by atoms with Crippen LogP contribution in [0.25, 0.3) is 0 Å². The highest BCUT2D eigenvalue weighted by Gasteiger charge is 2.23. The molecule has 0 amide bonds. The van der Waals surface area contributed by atoms with Gasteiger partial charge in [-0.3, -0.25) is 4.90 Å². The molecule has 0 bridgehead atoms. The summed E-state index contributed by atoms with van der Waals surface area (Å²) in [5.41, 5.74) is 2.51. The largest absolute Gasteiger partial charge is 0.379 e. The molecule has 0 aromatic heterocycles. The standard InChI is InChI=1S/C22H28ClN3OS.2ClH/c1-17(27)25-14-12-24(13-15-25)10-4-5-11-26-19-6-2-3-7-21(19)28-22-9-8-18(23)16-20(22)26;;/h2-3,6-9,16-17,27H,4-5,10-15H2,1H3;2*1H. The van der Waals surface area contributed by atoms with Crippen LogP contribution in [0, 0.1) is 0 Å². The monoisotopic (exact) mass is 489 g/mol. The van der Waals surface area contributed by atoms with Crippen LogP contribution in [0.1, 0.15) is 19.8 Å². The molecule has 0 spiro atoms. The Morgan fingerprint density at radius 1 is 0.933 bits per heavy atom. The Labute approximate surface area is 201 Å². The van der Waals surface area contributed by atoms with Crippen LogP contribution in [0.3, 0.4) is 0 Å². The molecule has 2 heterocycles. The first-order chi connectivity index (χ1) is 13.6. The van der Waals surface area contributed by atoms with E-state index in [4.69, 9.17) is 11.6 Å². The lowest BCUT2D eigenvalue weighted by atomic mass is 10.2. The van der Waals surface area contributed by atoms with Crippen molar-refractivity contribution in [2.45, 2.75) is 35.8 Å². The molecule has 2 aromatic rings. The second-order valence-corrected chi connectivity index (χ2v) is 9.07. The van der Waals surface area contributed by atoms with E-state index in [1.165, 1.54) is 27.6 Å². The Kier molecular flexibility index (Phi) is 10.1. The fraction of sp³-hybridized carbons (Fsp3) is 0.455. The van der Waals surface area contributed by atoms with Gasteiger partial charge in [-0.05, 0) is 56.6 Å². The van der Waals surface area contributed by atoms with Crippen molar-refractivity contribution in [3.63, 3.8) is 0 Å². The number of anilines is 2. The van der Waals surface area contributed by atoms with Gasteiger partial charge < -0.3 is 14.9 Å². The summed E-state index contributed by atoms with van der Waals surface area (Å²) in [4.78, 5) is 9.67. The van der Waals surface area contributed by atoms with Gasteiger partial charge in [-0.2, -0.15) is 0 Å². The Bertz CT molecular complexity index is 816. The molecule has 4 rings (SSSR count). The molecule has 4 nitrogen and oxygen atoms in total. The van der Waals surface area contributed by atoms with Crippen LogP contribution >= 0.6 is 48.2 Å². The van der Waals surface area contributed by atoms with Crippen molar-refractivity contribution in [3.8, 4) is 0 Å². The van der Waals surface area contributed by atoms with Crippen LogP contribution in [0.15, 0.2) is 52.3 Å². The summed E-state index contributed by atoms with van der Waals surface area (Å²) >= 11 is 8.13. The van der Waals surface area contributed by atoms with Gasteiger partial charge in [0.25, 0.3) is 0 Å². The molecular weight excluding hydrogens is 461 g/mol. The van der Waals surface area contributed by atoms with Crippen molar-refractivity contribution in [2.75, 3.05) is 44.2 Å². The van der Waals surface area contributed by atoms with E-state index in [1.54, 1.807) is 0 Å². The summed E-state index contributed by atoms with van der Waals surface area (Å²) in [7, 11) is 0. The summed E-state index contributed by atoms with van der Waals surface area (Å²) in [6, 6.07) is 14.8. The van der Waals surface area contributed by atoms with E-state index in [0.29, 0.717) is 0 Å². The first-order valence-electron chi connectivity index (χ1n) is 10.1. The van der Waals surface area contributed by atoms with E-state index in [0.717, 1.165) is 50.7 Å². The molecule has 0 saturated carbocycles. The molecule has 2 aromatic carbocycles. The Morgan fingerprint density at radius 3 is 2.33 bits per heavy atom. The molecule has 1 atom stereocenters. The predicted octanol–water partition coefficient (Wildman–Crippen LogP) is 5.52. The Balaban J connectivity index is 0.00000160. The molecule has 1 saturated heterocycles. The quantitative estimate of drug-likeness (QED) is 0.538. The van der Waals surface area contributed by atoms with E-state index in [9.17, 15) is 5.11 Å². The number of unbranched alkanes of at least 4 members (excludes halogenated alkanes) is 1. The molecule has 30 heavy (non-hydrogen) atoms. The molecule has 2 aliphatic heterocycles. The first-order valence-corrected chi connectivity index (χ1v) is 11.3. The van der Waals surface area contributed by atoms with Gasteiger partial charge in [0.1, 0.15) is 6.23 Å². The minimum absolute atomic E-state index is 0.